The summed E-state index contributed by atoms with van der Waals surface area (Å²) < 4.78 is 0. The molecule has 0 aliphatic heterocycles. The maximum absolute atomic E-state index is 6.42. The summed E-state index contributed by atoms with van der Waals surface area (Å²) in [4.78, 5) is 2.72. The molecule has 4 aliphatic rings. The van der Waals surface area contributed by atoms with Crippen LogP contribution in [0.15, 0.2) is 0 Å². The van der Waals surface area contributed by atoms with Gasteiger partial charge in [-0.3, -0.25) is 4.90 Å². The zero-order chi connectivity index (χ0) is 14.5. The van der Waals surface area contributed by atoms with Crippen molar-refractivity contribution in [2.45, 2.75) is 70.9 Å². The Hall–Kier alpha value is -0.0800. The minimum absolute atomic E-state index is 0.321. The fraction of sp³-hybridized carbons (Fsp3) is 1.00. The Kier molecular flexibility index (Phi) is 3.92. The number of nitrogens with two attached hydrogens (primary N) is 1. The van der Waals surface area contributed by atoms with Gasteiger partial charge in [0.25, 0.3) is 0 Å². The van der Waals surface area contributed by atoms with Crippen LogP contribution in [0.4, 0.5) is 0 Å². The molecule has 4 fully saturated rings. The predicted molar refractivity (Wildman–Crippen MR) is 85.5 cm³/mol. The van der Waals surface area contributed by atoms with Crippen molar-refractivity contribution < 1.29 is 0 Å². The van der Waals surface area contributed by atoms with Gasteiger partial charge in [-0.25, -0.2) is 0 Å². The molecule has 0 heterocycles. The molecular weight excluding hydrogens is 244 g/mol. The zero-order valence-electron chi connectivity index (χ0n) is 13.9. The summed E-state index contributed by atoms with van der Waals surface area (Å²) in [5.41, 5.74) is 6.74. The van der Waals surface area contributed by atoms with Crippen LogP contribution in [0.2, 0.25) is 0 Å². The highest BCUT2D eigenvalue weighted by Crippen LogP contribution is 2.60. The third kappa shape index (κ3) is 2.14. The predicted octanol–water partition coefficient (Wildman–Crippen LogP) is 3.51. The molecule has 0 aromatic carbocycles. The molecule has 0 radical (unpaired) electrons. The van der Waals surface area contributed by atoms with Crippen molar-refractivity contribution in [1.29, 1.82) is 0 Å². The van der Waals surface area contributed by atoms with Crippen LogP contribution in [-0.2, 0) is 0 Å². The van der Waals surface area contributed by atoms with Gasteiger partial charge in [-0.2, -0.15) is 0 Å². The van der Waals surface area contributed by atoms with Crippen LogP contribution in [0.25, 0.3) is 0 Å². The van der Waals surface area contributed by atoms with E-state index < -0.39 is 0 Å². The molecule has 20 heavy (non-hydrogen) atoms. The molecule has 0 amide bonds. The van der Waals surface area contributed by atoms with Crippen molar-refractivity contribution >= 4 is 0 Å². The van der Waals surface area contributed by atoms with Crippen molar-refractivity contribution in [3.63, 3.8) is 0 Å². The smallest absolute Gasteiger partial charge is 0.0388 e. The number of rotatable bonds is 5. The second kappa shape index (κ2) is 5.28. The van der Waals surface area contributed by atoms with E-state index in [1.165, 1.54) is 38.5 Å². The van der Waals surface area contributed by atoms with Crippen LogP contribution >= 0.6 is 0 Å². The van der Waals surface area contributed by atoms with Gasteiger partial charge in [0.05, 0.1) is 0 Å². The molecule has 4 rings (SSSR count). The summed E-state index contributed by atoms with van der Waals surface area (Å²) in [5.74, 6) is 4.60. The molecule has 1 atom stereocenters. The first-order valence-corrected chi connectivity index (χ1v) is 8.90. The third-order valence-electron chi connectivity index (χ3n) is 7.01. The molecule has 0 saturated heterocycles. The normalized spacial score (nSPS) is 44.5. The fourth-order valence-electron chi connectivity index (χ4n) is 6.30. The van der Waals surface area contributed by atoms with E-state index in [0.29, 0.717) is 11.6 Å². The fourth-order valence-corrected chi connectivity index (χ4v) is 6.30. The highest BCUT2D eigenvalue weighted by atomic mass is 15.2. The summed E-state index contributed by atoms with van der Waals surface area (Å²) in [6.07, 6.45) is 8.67. The summed E-state index contributed by atoms with van der Waals surface area (Å²) in [6, 6.07) is 0.663. The van der Waals surface area contributed by atoms with Crippen LogP contribution in [0, 0.1) is 29.6 Å². The van der Waals surface area contributed by atoms with Gasteiger partial charge in [0.15, 0.2) is 0 Å². The second-order valence-electron chi connectivity index (χ2n) is 8.59. The van der Waals surface area contributed by atoms with E-state index in [4.69, 9.17) is 5.73 Å². The zero-order valence-corrected chi connectivity index (χ0v) is 13.9. The van der Waals surface area contributed by atoms with E-state index in [-0.39, 0.29) is 0 Å². The lowest BCUT2D eigenvalue weighted by Crippen LogP contribution is -2.69. The maximum Gasteiger partial charge on any atom is 0.0388 e. The highest BCUT2D eigenvalue weighted by Gasteiger charge is 2.58. The first-order valence-electron chi connectivity index (χ1n) is 8.90. The van der Waals surface area contributed by atoms with Crippen LogP contribution in [-0.4, -0.2) is 30.1 Å². The van der Waals surface area contributed by atoms with Crippen molar-refractivity contribution in [2.24, 2.45) is 35.3 Å². The van der Waals surface area contributed by atoms with Gasteiger partial charge in [-0.15, -0.1) is 0 Å². The molecule has 0 aromatic heterocycles. The molecule has 4 saturated carbocycles. The topological polar surface area (TPSA) is 29.3 Å². The standard InChI is InChI=1S/C18H34N2/c1-12(2)5-13(3)20(4)18(11-19)16-7-14-6-15(9-16)10-17(18)8-14/h12-17H,5-11,19H2,1-4H3. The number of nitrogens with zero attached hydrogens (tertiary/aromatic N) is 1. The second-order valence-corrected chi connectivity index (χ2v) is 8.59. The Morgan fingerprint density at radius 3 is 1.90 bits per heavy atom. The van der Waals surface area contributed by atoms with E-state index in [1.807, 2.05) is 0 Å². The van der Waals surface area contributed by atoms with E-state index in [1.54, 1.807) is 0 Å². The van der Waals surface area contributed by atoms with Crippen LogP contribution in [0.3, 0.4) is 0 Å². The molecular formula is C18H34N2. The van der Waals surface area contributed by atoms with Crippen LogP contribution in [0.5, 0.6) is 0 Å². The molecule has 2 N–H and O–H groups in total. The molecule has 0 spiro atoms. The third-order valence-corrected chi connectivity index (χ3v) is 7.01. The average molecular weight is 278 g/mol. The Balaban J connectivity index is 1.83. The quantitative estimate of drug-likeness (QED) is 0.834. The monoisotopic (exact) mass is 278 g/mol. The van der Waals surface area contributed by atoms with Gasteiger partial charge in [0.1, 0.15) is 0 Å². The van der Waals surface area contributed by atoms with Crippen molar-refractivity contribution in [3.05, 3.63) is 0 Å². The SMILES string of the molecule is CC(C)CC(C)N(C)C1(CN)C2CC3CC(C2)CC1C3. The lowest BCUT2D eigenvalue weighted by molar-refractivity contribution is -0.135. The molecule has 0 aromatic rings. The molecule has 2 nitrogen and oxygen atoms in total. The van der Waals surface area contributed by atoms with Crippen molar-refractivity contribution in [1.82, 2.24) is 4.90 Å². The Bertz CT molecular complexity index is 321. The Labute approximate surface area is 125 Å². The lowest BCUT2D eigenvalue weighted by Gasteiger charge is -2.65. The van der Waals surface area contributed by atoms with Gasteiger partial charge < -0.3 is 5.73 Å². The highest BCUT2D eigenvalue weighted by molar-refractivity contribution is 5.12. The van der Waals surface area contributed by atoms with Gasteiger partial charge >= 0.3 is 0 Å². The maximum atomic E-state index is 6.42. The van der Waals surface area contributed by atoms with Crippen LogP contribution in [0.1, 0.15) is 59.3 Å². The lowest BCUT2D eigenvalue weighted by atomic mass is 9.48. The molecule has 116 valence electrons. The minimum atomic E-state index is 0.321. The van der Waals surface area contributed by atoms with E-state index in [2.05, 4.69) is 32.7 Å². The van der Waals surface area contributed by atoms with Gasteiger partial charge in [0.2, 0.25) is 0 Å². The Morgan fingerprint density at radius 2 is 1.50 bits per heavy atom. The van der Waals surface area contributed by atoms with E-state index in [0.717, 1.165) is 36.1 Å². The number of hydrogen-bond donors (Lipinski definition) is 1. The first-order chi connectivity index (χ1) is 9.47. The summed E-state index contributed by atoms with van der Waals surface area (Å²) in [6.45, 7) is 7.98. The molecule has 1 unspecified atom stereocenters. The van der Waals surface area contributed by atoms with Gasteiger partial charge in [-0.1, -0.05) is 13.8 Å². The number of hydrogen-bond acceptors (Lipinski definition) is 2. The van der Waals surface area contributed by atoms with E-state index >= 15 is 0 Å². The number of likely N-dealkylation sites (N-methyl/N-ethyl adjacent to an activating group) is 1. The summed E-state index contributed by atoms with van der Waals surface area (Å²) in [7, 11) is 2.38. The molecule has 2 heteroatoms. The minimum Gasteiger partial charge on any atom is -0.329 e. The van der Waals surface area contributed by atoms with Crippen molar-refractivity contribution in [3.8, 4) is 0 Å². The van der Waals surface area contributed by atoms with Crippen LogP contribution < -0.4 is 5.73 Å². The molecule has 4 bridgehead atoms. The summed E-state index contributed by atoms with van der Waals surface area (Å²) in [5, 5.41) is 0. The molecule has 4 aliphatic carbocycles. The van der Waals surface area contributed by atoms with Gasteiger partial charge in [0, 0.05) is 18.1 Å². The van der Waals surface area contributed by atoms with Crippen molar-refractivity contribution in [2.75, 3.05) is 13.6 Å². The van der Waals surface area contributed by atoms with E-state index in [9.17, 15) is 0 Å². The van der Waals surface area contributed by atoms with Gasteiger partial charge in [-0.05, 0) is 82.1 Å². The Morgan fingerprint density at radius 1 is 1.00 bits per heavy atom. The first kappa shape index (κ1) is 14.8. The average Bonchev–Trinajstić information content (AvgIpc) is 2.37. The largest absolute Gasteiger partial charge is 0.329 e. The summed E-state index contributed by atoms with van der Waals surface area (Å²) >= 11 is 0.